The van der Waals surface area contributed by atoms with Crippen molar-refractivity contribution < 1.29 is 45.4 Å². The van der Waals surface area contributed by atoms with Crippen molar-refractivity contribution >= 4 is 27.9 Å². The number of hydrogen-bond donors (Lipinski definition) is 0. The van der Waals surface area contributed by atoms with Crippen LogP contribution in [0.15, 0.2) is 11.6 Å². The molecular formula is C17H19BrF6O4. The van der Waals surface area contributed by atoms with Crippen molar-refractivity contribution in [3.63, 3.8) is 0 Å². The van der Waals surface area contributed by atoms with Crippen LogP contribution in [0.3, 0.4) is 0 Å². The summed E-state index contributed by atoms with van der Waals surface area (Å²) in [7, 11) is 0. The molecule has 3 unspecified atom stereocenters. The minimum atomic E-state index is -5.93. The van der Waals surface area contributed by atoms with E-state index in [1.807, 2.05) is 0 Å². The molecule has 4 nitrogen and oxygen atoms in total. The van der Waals surface area contributed by atoms with Crippen LogP contribution in [0, 0.1) is 11.8 Å². The zero-order chi connectivity index (χ0) is 21.3. The molecule has 2 saturated carbocycles. The molecule has 0 aromatic rings. The first-order valence-electron chi connectivity index (χ1n) is 8.59. The maximum atomic E-state index is 13.3. The van der Waals surface area contributed by atoms with Gasteiger partial charge in [-0.25, -0.2) is 4.79 Å². The highest BCUT2D eigenvalue weighted by Crippen LogP contribution is 2.49. The fourth-order valence-corrected chi connectivity index (χ4v) is 4.26. The van der Waals surface area contributed by atoms with Crippen LogP contribution in [0.5, 0.6) is 0 Å². The molecule has 2 aliphatic carbocycles. The van der Waals surface area contributed by atoms with Gasteiger partial charge in [-0.2, -0.15) is 26.3 Å². The maximum absolute atomic E-state index is 13.3. The summed E-state index contributed by atoms with van der Waals surface area (Å²) in [6.45, 7) is 0.449. The van der Waals surface area contributed by atoms with Gasteiger partial charge < -0.3 is 9.47 Å². The van der Waals surface area contributed by atoms with E-state index in [1.54, 1.807) is 0 Å². The van der Waals surface area contributed by atoms with Crippen LogP contribution in [-0.2, 0) is 19.1 Å². The van der Waals surface area contributed by atoms with Gasteiger partial charge >= 0.3 is 29.9 Å². The maximum Gasteiger partial charge on any atom is 0.437 e. The molecule has 2 aliphatic rings. The number of ether oxygens (including phenoxy) is 2. The van der Waals surface area contributed by atoms with Crippen LogP contribution in [0.1, 0.15) is 39.0 Å². The smallest absolute Gasteiger partial charge is 0.437 e. The van der Waals surface area contributed by atoms with Gasteiger partial charge in [0.2, 0.25) is 0 Å². The Bertz CT molecular complexity index is 629. The van der Waals surface area contributed by atoms with Crippen molar-refractivity contribution in [2.75, 3.05) is 5.33 Å². The van der Waals surface area contributed by atoms with E-state index in [9.17, 15) is 35.9 Å². The summed E-state index contributed by atoms with van der Waals surface area (Å²) < 4.78 is 88.6. The SMILES string of the molecule is CC(=O)OC(C/C=C(\CBr)C(=O)OC1CC2CCC1C2)(C(F)(F)F)C(F)(F)F. The molecule has 0 radical (unpaired) electrons. The van der Waals surface area contributed by atoms with Gasteiger partial charge in [0, 0.05) is 24.2 Å². The Balaban J connectivity index is 2.22. The highest BCUT2D eigenvalue weighted by molar-refractivity contribution is 9.09. The Morgan fingerprint density at radius 1 is 1.07 bits per heavy atom. The number of esters is 2. The zero-order valence-electron chi connectivity index (χ0n) is 14.8. The number of hydrogen-bond acceptors (Lipinski definition) is 4. The Hall–Kier alpha value is -1.26. The van der Waals surface area contributed by atoms with Gasteiger partial charge in [-0.05, 0) is 37.5 Å². The normalized spacial score (nSPS) is 25.7. The molecule has 0 aliphatic heterocycles. The van der Waals surface area contributed by atoms with Crippen molar-refractivity contribution in [3.8, 4) is 0 Å². The number of carbonyl (C=O) groups excluding carboxylic acids is 2. The van der Waals surface area contributed by atoms with E-state index in [0.29, 0.717) is 25.3 Å². The molecule has 2 bridgehead atoms. The zero-order valence-corrected chi connectivity index (χ0v) is 16.4. The van der Waals surface area contributed by atoms with Gasteiger partial charge in [0.1, 0.15) is 6.10 Å². The largest absolute Gasteiger partial charge is 0.459 e. The summed E-state index contributed by atoms with van der Waals surface area (Å²) in [4.78, 5) is 23.2. The van der Waals surface area contributed by atoms with E-state index >= 15 is 0 Å². The molecule has 0 aromatic carbocycles. The molecule has 28 heavy (non-hydrogen) atoms. The van der Waals surface area contributed by atoms with Crippen LogP contribution >= 0.6 is 15.9 Å². The second kappa shape index (κ2) is 8.23. The van der Waals surface area contributed by atoms with Crippen LogP contribution in [0.4, 0.5) is 26.3 Å². The summed E-state index contributed by atoms with van der Waals surface area (Å²) in [5.41, 5.74) is -5.14. The number of alkyl halides is 7. The number of halogens is 7. The molecule has 160 valence electrons. The third-order valence-electron chi connectivity index (χ3n) is 5.21. The minimum absolute atomic E-state index is 0.177. The quantitative estimate of drug-likeness (QED) is 0.236. The van der Waals surface area contributed by atoms with Crippen LogP contribution in [0.25, 0.3) is 0 Å². The molecule has 2 rings (SSSR count). The van der Waals surface area contributed by atoms with E-state index in [1.165, 1.54) is 0 Å². The summed E-state index contributed by atoms with van der Waals surface area (Å²) >= 11 is 2.89. The molecule has 3 atom stereocenters. The average molecular weight is 481 g/mol. The Kier molecular flexibility index (Phi) is 6.77. The number of fused-ring (bicyclic) bond motifs is 2. The van der Waals surface area contributed by atoms with Gasteiger partial charge in [0.25, 0.3) is 0 Å². The summed E-state index contributed by atoms with van der Waals surface area (Å²) in [5.74, 6) is -2.11. The van der Waals surface area contributed by atoms with Gasteiger partial charge in [-0.3, -0.25) is 4.79 Å². The molecule has 11 heteroatoms. The molecule has 0 spiro atoms. The highest BCUT2D eigenvalue weighted by atomic mass is 79.9. The van der Waals surface area contributed by atoms with Gasteiger partial charge in [-0.1, -0.05) is 22.0 Å². The van der Waals surface area contributed by atoms with Crippen molar-refractivity contribution in [1.82, 2.24) is 0 Å². The predicted molar refractivity (Wildman–Crippen MR) is 88.4 cm³/mol. The first-order valence-corrected chi connectivity index (χ1v) is 9.72. The summed E-state index contributed by atoms with van der Waals surface area (Å²) in [6.07, 6.45) is -10.1. The fraction of sp³-hybridized carbons (Fsp3) is 0.765. The van der Waals surface area contributed by atoms with E-state index < -0.39 is 41.9 Å². The second-order valence-electron chi connectivity index (χ2n) is 7.10. The lowest BCUT2D eigenvalue weighted by Crippen LogP contribution is -2.59. The third-order valence-corrected chi connectivity index (χ3v) is 5.81. The molecule has 0 aromatic heterocycles. The minimum Gasteiger partial charge on any atom is -0.459 e. The number of rotatable bonds is 6. The predicted octanol–water partition coefficient (Wildman–Crippen LogP) is 4.86. The Morgan fingerprint density at radius 3 is 2.07 bits per heavy atom. The van der Waals surface area contributed by atoms with Crippen molar-refractivity contribution in [2.24, 2.45) is 11.8 Å². The second-order valence-corrected chi connectivity index (χ2v) is 7.66. The fourth-order valence-electron chi connectivity index (χ4n) is 3.80. The van der Waals surface area contributed by atoms with Crippen molar-refractivity contribution in [1.29, 1.82) is 0 Å². The molecule has 2 fully saturated rings. The average Bonchev–Trinajstić information content (AvgIpc) is 3.14. The first-order chi connectivity index (χ1) is 12.8. The van der Waals surface area contributed by atoms with Crippen LogP contribution in [0.2, 0.25) is 0 Å². The Morgan fingerprint density at radius 2 is 1.68 bits per heavy atom. The van der Waals surface area contributed by atoms with Crippen molar-refractivity contribution in [2.45, 2.75) is 63.1 Å². The van der Waals surface area contributed by atoms with Gasteiger partial charge in [-0.15, -0.1) is 0 Å². The summed E-state index contributed by atoms with van der Waals surface area (Å²) in [5, 5.41) is -0.307. The lowest BCUT2D eigenvalue weighted by atomic mass is 9.95. The third kappa shape index (κ3) is 4.65. The van der Waals surface area contributed by atoms with Gasteiger partial charge in [0.15, 0.2) is 0 Å². The lowest BCUT2D eigenvalue weighted by Gasteiger charge is -2.35. The molecule has 0 heterocycles. The van der Waals surface area contributed by atoms with Crippen LogP contribution in [-0.4, -0.2) is 41.3 Å². The summed E-state index contributed by atoms with van der Waals surface area (Å²) in [6, 6.07) is 0. The van der Waals surface area contributed by atoms with E-state index in [-0.39, 0.29) is 17.4 Å². The van der Waals surface area contributed by atoms with Crippen LogP contribution < -0.4 is 0 Å². The Labute approximate surface area is 165 Å². The molecule has 0 saturated heterocycles. The standard InChI is InChI=1S/C17H19BrF6O4/c1-9(25)28-15(16(19,20)21,17(22,23)24)5-4-12(8-18)14(26)27-13-7-10-2-3-11(13)6-10/h4,10-11,13H,2-3,5-8H2,1H3/b12-4+. The topological polar surface area (TPSA) is 52.6 Å². The van der Waals surface area contributed by atoms with Crippen molar-refractivity contribution in [3.05, 3.63) is 11.6 Å². The highest BCUT2D eigenvalue weighted by Gasteiger charge is 2.73. The van der Waals surface area contributed by atoms with Gasteiger partial charge in [0.05, 0.1) is 0 Å². The lowest BCUT2D eigenvalue weighted by molar-refractivity contribution is -0.368. The van der Waals surface area contributed by atoms with E-state index in [0.717, 1.165) is 19.3 Å². The first kappa shape index (κ1) is 23.0. The molecular weight excluding hydrogens is 462 g/mol. The molecule has 0 N–H and O–H groups in total. The van der Waals surface area contributed by atoms with E-state index in [4.69, 9.17) is 4.74 Å². The monoisotopic (exact) mass is 480 g/mol. The molecule has 0 amide bonds. The number of carbonyl (C=O) groups is 2. The van der Waals surface area contributed by atoms with E-state index in [2.05, 4.69) is 20.7 Å².